The van der Waals surface area contributed by atoms with E-state index in [4.69, 9.17) is 42.1 Å². The second-order valence-corrected chi connectivity index (χ2v) is 8.32. The molecule has 172 valence electrons. The van der Waals surface area contributed by atoms with Crippen molar-refractivity contribution in [1.29, 1.82) is 0 Å². The quantitative estimate of drug-likeness (QED) is 0.412. The van der Waals surface area contributed by atoms with Crippen molar-refractivity contribution in [2.24, 2.45) is 0 Å². The molecular weight excluding hydrogens is 465 g/mol. The van der Waals surface area contributed by atoms with E-state index in [1.165, 1.54) is 0 Å². The Balaban J connectivity index is 1.58. The highest BCUT2D eigenvalue weighted by Crippen LogP contribution is 2.33. The summed E-state index contributed by atoms with van der Waals surface area (Å²) in [6.45, 7) is 1.03. The molecular formula is C25H23Cl2NO5. The van der Waals surface area contributed by atoms with Crippen LogP contribution in [0.5, 0.6) is 23.0 Å². The zero-order valence-corrected chi connectivity index (χ0v) is 19.8. The van der Waals surface area contributed by atoms with E-state index in [0.29, 0.717) is 58.1 Å². The van der Waals surface area contributed by atoms with E-state index in [2.05, 4.69) is 0 Å². The SMILES string of the molecule is COc1ccc(CCN(Cc2ccc3c(c2)OCO3)C(=O)c2ccc(Cl)cc2Cl)cc1OC. The summed E-state index contributed by atoms with van der Waals surface area (Å²) in [7, 11) is 3.19. The summed E-state index contributed by atoms with van der Waals surface area (Å²) in [5.41, 5.74) is 2.33. The van der Waals surface area contributed by atoms with Gasteiger partial charge < -0.3 is 23.8 Å². The third-order valence-electron chi connectivity index (χ3n) is 5.38. The number of benzene rings is 3. The molecule has 1 heterocycles. The van der Waals surface area contributed by atoms with Crippen molar-refractivity contribution < 1.29 is 23.7 Å². The Morgan fingerprint density at radius 2 is 1.67 bits per heavy atom. The van der Waals surface area contributed by atoms with Crippen LogP contribution in [0.4, 0.5) is 0 Å². The summed E-state index contributed by atoms with van der Waals surface area (Å²) in [5.74, 6) is 2.48. The zero-order chi connectivity index (χ0) is 23.4. The van der Waals surface area contributed by atoms with Gasteiger partial charge in [0.2, 0.25) is 6.79 Å². The van der Waals surface area contributed by atoms with Crippen LogP contribution in [-0.4, -0.2) is 38.4 Å². The van der Waals surface area contributed by atoms with Crippen LogP contribution in [-0.2, 0) is 13.0 Å². The first-order valence-corrected chi connectivity index (χ1v) is 11.1. The number of amides is 1. The number of fused-ring (bicyclic) bond motifs is 1. The summed E-state index contributed by atoms with van der Waals surface area (Å²) in [5, 5.41) is 0.790. The molecule has 33 heavy (non-hydrogen) atoms. The van der Waals surface area contributed by atoms with Crippen LogP contribution in [0, 0.1) is 0 Å². The van der Waals surface area contributed by atoms with Gasteiger partial charge in [-0.2, -0.15) is 0 Å². The molecule has 0 saturated carbocycles. The standard InChI is InChI=1S/C25H23Cl2NO5/c1-30-21-7-3-16(11-23(21)31-2)9-10-28(25(29)19-6-5-18(26)13-20(19)27)14-17-4-8-22-24(12-17)33-15-32-22/h3-8,11-13H,9-10,14-15H2,1-2H3. The minimum absolute atomic E-state index is 0.185. The van der Waals surface area contributed by atoms with E-state index >= 15 is 0 Å². The zero-order valence-electron chi connectivity index (χ0n) is 18.3. The van der Waals surface area contributed by atoms with Gasteiger partial charge in [-0.1, -0.05) is 35.3 Å². The Hall–Kier alpha value is -3.09. The molecule has 4 rings (SSSR count). The van der Waals surface area contributed by atoms with Crippen molar-refractivity contribution in [2.75, 3.05) is 27.6 Å². The van der Waals surface area contributed by atoms with Crippen molar-refractivity contribution in [3.63, 3.8) is 0 Å². The van der Waals surface area contributed by atoms with Gasteiger partial charge in [0.15, 0.2) is 23.0 Å². The van der Waals surface area contributed by atoms with Crippen molar-refractivity contribution >= 4 is 29.1 Å². The molecule has 0 unspecified atom stereocenters. The number of ether oxygens (including phenoxy) is 4. The fraction of sp³-hybridized carbons (Fsp3) is 0.240. The number of methoxy groups -OCH3 is 2. The van der Waals surface area contributed by atoms with Gasteiger partial charge in [-0.3, -0.25) is 4.79 Å². The van der Waals surface area contributed by atoms with Crippen LogP contribution in [0.1, 0.15) is 21.5 Å². The molecule has 6 nitrogen and oxygen atoms in total. The molecule has 0 saturated heterocycles. The molecule has 1 aliphatic heterocycles. The molecule has 0 atom stereocenters. The lowest BCUT2D eigenvalue weighted by Gasteiger charge is -2.24. The molecule has 0 fully saturated rings. The largest absolute Gasteiger partial charge is 0.493 e. The Labute approximate surface area is 202 Å². The molecule has 1 aliphatic rings. The van der Waals surface area contributed by atoms with Crippen LogP contribution >= 0.6 is 23.2 Å². The lowest BCUT2D eigenvalue weighted by atomic mass is 10.1. The average molecular weight is 488 g/mol. The van der Waals surface area contributed by atoms with Crippen LogP contribution in [0.15, 0.2) is 54.6 Å². The van der Waals surface area contributed by atoms with Crippen molar-refractivity contribution in [2.45, 2.75) is 13.0 Å². The highest BCUT2D eigenvalue weighted by Gasteiger charge is 2.21. The molecule has 3 aromatic carbocycles. The number of carbonyl (C=O) groups excluding carboxylic acids is 1. The van der Waals surface area contributed by atoms with Crippen LogP contribution in [0.2, 0.25) is 10.0 Å². The van der Waals surface area contributed by atoms with Crippen molar-refractivity contribution in [3.05, 3.63) is 81.3 Å². The number of rotatable bonds is 8. The molecule has 8 heteroatoms. The second-order valence-electron chi connectivity index (χ2n) is 7.48. The maximum Gasteiger partial charge on any atom is 0.255 e. The van der Waals surface area contributed by atoms with Gasteiger partial charge in [0.1, 0.15) is 0 Å². The third-order valence-corrected chi connectivity index (χ3v) is 5.93. The summed E-state index contributed by atoms with van der Waals surface area (Å²) in [6, 6.07) is 16.3. The van der Waals surface area contributed by atoms with Crippen molar-refractivity contribution in [1.82, 2.24) is 4.90 Å². The molecule has 0 radical (unpaired) electrons. The lowest BCUT2D eigenvalue weighted by molar-refractivity contribution is 0.0745. The fourth-order valence-electron chi connectivity index (χ4n) is 3.65. The van der Waals surface area contributed by atoms with Crippen LogP contribution < -0.4 is 18.9 Å². The van der Waals surface area contributed by atoms with Gasteiger partial charge in [0, 0.05) is 18.1 Å². The minimum Gasteiger partial charge on any atom is -0.493 e. The second kappa shape index (κ2) is 10.2. The van der Waals surface area contributed by atoms with E-state index < -0.39 is 0 Å². The maximum absolute atomic E-state index is 13.5. The van der Waals surface area contributed by atoms with Crippen molar-refractivity contribution in [3.8, 4) is 23.0 Å². The predicted octanol–water partition coefficient (Wildman–Crippen LogP) is 5.62. The first kappa shape index (κ1) is 23.1. The highest BCUT2D eigenvalue weighted by atomic mass is 35.5. The van der Waals surface area contributed by atoms with Gasteiger partial charge in [0.25, 0.3) is 5.91 Å². The van der Waals surface area contributed by atoms with E-state index in [-0.39, 0.29) is 12.7 Å². The summed E-state index contributed by atoms with van der Waals surface area (Å²) in [4.78, 5) is 15.2. The van der Waals surface area contributed by atoms with Gasteiger partial charge in [0.05, 0.1) is 24.8 Å². The minimum atomic E-state index is -0.185. The topological polar surface area (TPSA) is 57.2 Å². The number of hydrogen-bond acceptors (Lipinski definition) is 5. The van der Waals surface area contributed by atoms with E-state index in [0.717, 1.165) is 11.1 Å². The van der Waals surface area contributed by atoms with Crippen LogP contribution in [0.25, 0.3) is 0 Å². The van der Waals surface area contributed by atoms with E-state index in [1.807, 2.05) is 36.4 Å². The predicted molar refractivity (Wildman–Crippen MR) is 127 cm³/mol. The Kier molecular flexibility index (Phi) is 7.16. The van der Waals surface area contributed by atoms with Gasteiger partial charge >= 0.3 is 0 Å². The first-order chi connectivity index (χ1) is 16.0. The summed E-state index contributed by atoms with van der Waals surface area (Å²) < 4.78 is 21.6. The smallest absolute Gasteiger partial charge is 0.255 e. The molecule has 0 bridgehead atoms. The molecule has 0 N–H and O–H groups in total. The van der Waals surface area contributed by atoms with Crippen LogP contribution in [0.3, 0.4) is 0 Å². The fourth-order valence-corrected chi connectivity index (χ4v) is 4.13. The first-order valence-electron chi connectivity index (χ1n) is 10.3. The number of nitrogens with zero attached hydrogens (tertiary/aromatic N) is 1. The Bertz CT molecular complexity index is 1170. The highest BCUT2D eigenvalue weighted by molar-refractivity contribution is 6.36. The number of carbonyl (C=O) groups is 1. The van der Waals surface area contributed by atoms with Gasteiger partial charge in [-0.05, 0) is 60.0 Å². The normalized spacial score (nSPS) is 11.9. The number of halogens is 2. The Morgan fingerprint density at radius 3 is 2.42 bits per heavy atom. The Morgan fingerprint density at radius 1 is 0.909 bits per heavy atom. The van der Waals surface area contributed by atoms with E-state index in [1.54, 1.807) is 37.3 Å². The number of hydrogen-bond donors (Lipinski definition) is 0. The maximum atomic E-state index is 13.5. The van der Waals surface area contributed by atoms with E-state index in [9.17, 15) is 4.79 Å². The monoisotopic (exact) mass is 487 g/mol. The summed E-state index contributed by atoms with van der Waals surface area (Å²) in [6.07, 6.45) is 0.613. The molecule has 3 aromatic rings. The lowest BCUT2D eigenvalue weighted by Crippen LogP contribution is -2.32. The molecule has 0 aliphatic carbocycles. The molecule has 0 spiro atoms. The molecule has 0 aromatic heterocycles. The third kappa shape index (κ3) is 5.29. The average Bonchev–Trinajstić information content (AvgIpc) is 3.29. The summed E-state index contributed by atoms with van der Waals surface area (Å²) >= 11 is 12.4. The van der Waals surface area contributed by atoms with Gasteiger partial charge in [-0.25, -0.2) is 0 Å². The molecule has 1 amide bonds. The van der Waals surface area contributed by atoms with Gasteiger partial charge in [-0.15, -0.1) is 0 Å².